The van der Waals surface area contributed by atoms with Gasteiger partial charge in [-0.2, -0.15) is 0 Å². The second-order valence-electron chi connectivity index (χ2n) is 16.6. The van der Waals surface area contributed by atoms with Gasteiger partial charge in [0.2, 0.25) is 5.91 Å². The summed E-state index contributed by atoms with van der Waals surface area (Å²) in [6, 6.07) is 11.0. The Labute approximate surface area is 343 Å². The highest BCUT2D eigenvalue weighted by atomic mass is 16.6. The maximum atomic E-state index is 14.3. The second-order valence-corrected chi connectivity index (χ2v) is 16.6. The number of aromatic nitrogens is 1. The van der Waals surface area contributed by atoms with E-state index in [0.717, 1.165) is 55.6 Å². The van der Waals surface area contributed by atoms with Gasteiger partial charge in [-0.15, -0.1) is 0 Å². The number of likely N-dealkylation sites (tertiary alicyclic amines) is 4. The third-order valence-electron chi connectivity index (χ3n) is 12.8. The maximum Gasteiger partial charge on any atom is 0.417 e. The number of hydrogen-bond donors (Lipinski definition) is 2. The van der Waals surface area contributed by atoms with Crippen LogP contribution in [0.3, 0.4) is 0 Å². The summed E-state index contributed by atoms with van der Waals surface area (Å²) in [7, 11) is 0. The molecule has 0 saturated carbocycles. The number of benzene rings is 2. The van der Waals surface area contributed by atoms with Crippen molar-refractivity contribution in [2.24, 2.45) is 0 Å². The number of ether oxygens (including phenoxy) is 2. The number of nitrogens with zero attached hydrogens (tertiary/aromatic N) is 5. The van der Waals surface area contributed by atoms with Gasteiger partial charge >= 0.3 is 23.8 Å². The predicted octanol–water partition coefficient (Wildman–Crippen LogP) is 4.04. The van der Waals surface area contributed by atoms with Crippen LogP contribution in [0.1, 0.15) is 74.5 Å². The standard InChI is InChI=1S/C43H55N7O9/c1-28-25-29(26-35-38(28)45-42(55)58-35)27-36(59-43(56)48-21-14-32(15-22-48)50-23-11-30-7-2-3-8-33(30)44-41(50)54)39(52)47-19-12-31(13-20-47)49-18-4-9-34(49)40(53)57-24-6-17-46-16-5-10-37(46)51/h2-3,7-8,25-26,31-32,34,36H,4-6,9-24,27H2,1H3,(H,44,54)(H,45,55)/t34?,36-/m1/s1. The highest BCUT2D eigenvalue weighted by molar-refractivity contribution is 5.91. The normalized spacial score (nSPS) is 21.4. The number of nitrogens with one attached hydrogen (secondary N) is 2. The van der Waals surface area contributed by atoms with Crippen molar-refractivity contribution in [3.8, 4) is 0 Å². The Hall–Kier alpha value is -5.38. The molecular weight excluding hydrogens is 759 g/mol. The van der Waals surface area contributed by atoms with E-state index < -0.39 is 18.0 Å². The third kappa shape index (κ3) is 9.12. The molecule has 0 aliphatic carbocycles. The lowest BCUT2D eigenvalue weighted by Gasteiger charge is -2.40. The SMILES string of the molecule is Cc1cc(C[C@@H](OC(=O)N2CCC(N3CCc4ccccc4NC3=O)CC2)C(=O)N2CCC(N3CCCC3C(=O)OCCCN3CCCC3=O)CC2)cc2oc(=O)[nH]c12. The van der Waals surface area contributed by atoms with Gasteiger partial charge in [-0.25, -0.2) is 14.4 Å². The van der Waals surface area contributed by atoms with Crippen molar-refractivity contribution >= 4 is 46.7 Å². The molecule has 6 heterocycles. The summed E-state index contributed by atoms with van der Waals surface area (Å²) in [6.45, 7) is 6.51. The lowest BCUT2D eigenvalue weighted by atomic mass is 9.99. The fraction of sp³-hybridized carbons (Fsp3) is 0.581. The van der Waals surface area contributed by atoms with E-state index in [4.69, 9.17) is 13.9 Å². The first-order valence-corrected chi connectivity index (χ1v) is 21.3. The van der Waals surface area contributed by atoms with Gasteiger partial charge in [-0.05, 0) is 100 Å². The molecule has 3 aromatic rings. The van der Waals surface area contributed by atoms with E-state index in [1.807, 2.05) is 47.1 Å². The average Bonchev–Trinajstić information content (AvgIpc) is 3.97. The van der Waals surface area contributed by atoms with Gasteiger partial charge in [-0.1, -0.05) is 24.3 Å². The summed E-state index contributed by atoms with van der Waals surface area (Å²) in [5.74, 6) is -0.930. The average molecular weight is 814 g/mol. The smallest absolute Gasteiger partial charge is 0.417 e. The minimum absolute atomic E-state index is 0.0402. The van der Waals surface area contributed by atoms with Crippen molar-refractivity contribution < 1.29 is 37.9 Å². The molecule has 8 rings (SSSR count). The van der Waals surface area contributed by atoms with E-state index in [1.165, 1.54) is 0 Å². The van der Waals surface area contributed by atoms with Crippen LogP contribution in [0.15, 0.2) is 45.6 Å². The molecule has 2 N–H and O–H groups in total. The van der Waals surface area contributed by atoms with E-state index in [1.54, 1.807) is 15.9 Å². The van der Waals surface area contributed by atoms with Crippen molar-refractivity contribution in [2.75, 3.05) is 64.3 Å². The van der Waals surface area contributed by atoms with Gasteiger partial charge in [0.15, 0.2) is 11.7 Å². The topological polar surface area (TPSA) is 178 Å². The zero-order chi connectivity index (χ0) is 41.0. The van der Waals surface area contributed by atoms with Crippen LogP contribution in [0, 0.1) is 6.92 Å². The second kappa shape index (κ2) is 17.9. The van der Waals surface area contributed by atoms with Gasteiger partial charge in [-0.3, -0.25) is 24.3 Å². The number of aryl methyl sites for hydroxylation is 1. The number of fused-ring (bicyclic) bond motifs is 2. The molecule has 0 bridgehead atoms. The van der Waals surface area contributed by atoms with Crippen LogP contribution in [0.5, 0.6) is 0 Å². The van der Waals surface area contributed by atoms with E-state index in [0.29, 0.717) is 94.5 Å². The number of anilines is 1. The number of oxazole rings is 1. The quantitative estimate of drug-likeness (QED) is 0.212. The first-order chi connectivity index (χ1) is 28.6. The number of amides is 5. The third-order valence-corrected chi connectivity index (χ3v) is 12.8. The fourth-order valence-corrected chi connectivity index (χ4v) is 9.67. The van der Waals surface area contributed by atoms with Crippen molar-refractivity contribution in [3.05, 3.63) is 63.6 Å². The van der Waals surface area contributed by atoms with Crippen LogP contribution in [-0.2, 0) is 36.7 Å². The minimum atomic E-state index is -1.13. The molecular formula is C43H55N7O9. The molecule has 316 valence electrons. The molecule has 2 atom stereocenters. The van der Waals surface area contributed by atoms with E-state index in [9.17, 15) is 28.8 Å². The number of para-hydroxylation sites is 1. The number of esters is 1. The van der Waals surface area contributed by atoms with Crippen LogP contribution in [-0.4, -0.2) is 143 Å². The number of piperidine rings is 2. The zero-order valence-corrected chi connectivity index (χ0v) is 33.8. The van der Waals surface area contributed by atoms with Crippen LogP contribution < -0.4 is 11.1 Å². The monoisotopic (exact) mass is 813 g/mol. The van der Waals surface area contributed by atoms with Crippen molar-refractivity contribution in [2.45, 2.75) is 102 Å². The highest BCUT2D eigenvalue weighted by Gasteiger charge is 2.40. The summed E-state index contributed by atoms with van der Waals surface area (Å²) < 4.78 is 17.1. The Morgan fingerprint density at radius 1 is 0.864 bits per heavy atom. The summed E-state index contributed by atoms with van der Waals surface area (Å²) in [5, 5.41) is 3.04. The largest absolute Gasteiger partial charge is 0.464 e. The van der Waals surface area contributed by atoms with Crippen LogP contribution in [0.25, 0.3) is 11.1 Å². The zero-order valence-electron chi connectivity index (χ0n) is 33.8. The number of H-pyrrole nitrogens is 1. The molecule has 16 heteroatoms. The number of rotatable bonds is 11. The molecule has 5 aliphatic heterocycles. The fourth-order valence-electron chi connectivity index (χ4n) is 9.67. The first-order valence-electron chi connectivity index (χ1n) is 21.3. The molecule has 0 radical (unpaired) electrons. The maximum absolute atomic E-state index is 14.3. The van der Waals surface area contributed by atoms with E-state index in [-0.39, 0.29) is 55.0 Å². The van der Waals surface area contributed by atoms with Gasteiger partial charge in [0, 0.05) is 76.4 Å². The number of carbonyl (C=O) groups is 5. The molecule has 16 nitrogen and oxygen atoms in total. The Morgan fingerprint density at radius 2 is 1.63 bits per heavy atom. The van der Waals surface area contributed by atoms with Gasteiger partial charge in [0.1, 0.15) is 6.04 Å². The number of carbonyl (C=O) groups excluding carboxylic acids is 5. The van der Waals surface area contributed by atoms with Gasteiger partial charge < -0.3 is 38.8 Å². The Bertz CT molecular complexity index is 2100. The first kappa shape index (κ1) is 40.4. The Morgan fingerprint density at radius 3 is 2.41 bits per heavy atom. The molecule has 5 aliphatic rings. The van der Waals surface area contributed by atoms with E-state index >= 15 is 0 Å². The molecule has 4 saturated heterocycles. The Balaban J connectivity index is 0.882. The summed E-state index contributed by atoms with van der Waals surface area (Å²) in [5.41, 5.74) is 4.33. The van der Waals surface area contributed by atoms with Crippen LogP contribution in [0.4, 0.5) is 15.3 Å². The molecule has 1 aromatic heterocycles. The lowest BCUT2D eigenvalue weighted by molar-refractivity contribution is -0.151. The van der Waals surface area contributed by atoms with Gasteiger partial charge in [0.05, 0.1) is 12.1 Å². The van der Waals surface area contributed by atoms with Crippen LogP contribution >= 0.6 is 0 Å². The number of urea groups is 1. The number of aromatic amines is 1. The van der Waals surface area contributed by atoms with Crippen molar-refractivity contribution in [1.82, 2.24) is 29.5 Å². The van der Waals surface area contributed by atoms with Crippen molar-refractivity contribution in [1.29, 1.82) is 0 Å². The molecule has 59 heavy (non-hydrogen) atoms. The summed E-state index contributed by atoms with van der Waals surface area (Å²) >= 11 is 0. The molecule has 2 aromatic carbocycles. The molecule has 1 unspecified atom stereocenters. The predicted molar refractivity (Wildman–Crippen MR) is 217 cm³/mol. The van der Waals surface area contributed by atoms with E-state index in [2.05, 4.69) is 15.2 Å². The summed E-state index contributed by atoms with van der Waals surface area (Å²) in [6.07, 6.45) is 5.32. The summed E-state index contributed by atoms with van der Waals surface area (Å²) in [4.78, 5) is 90.5. The highest BCUT2D eigenvalue weighted by Crippen LogP contribution is 2.29. The number of hydrogen-bond acceptors (Lipinski definition) is 10. The molecule has 5 amide bonds. The van der Waals surface area contributed by atoms with Gasteiger partial charge in [0.25, 0.3) is 5.91 Å². The Kier molecular flexibility index (Phi) is 12.2. The molecule has 0 spiro atoms. The van der Waals surface area contributed by atoms with Crippen molar-refractivity contribution in [3.63, 3.8) is 0 Å². The lowest BCUT2D eigenvalue weighted by Crippen LogP contribution is -2.53. The van der Waals surface area contributed by atoms with Crippen LogP contribution in [0.2, 0.25) is 0 Å². The minimum Gasteiger partial charge on any atom is -0.464 e. The molecule has 4 fully saturated rings.